The number of hydrogen-bond acceptors (Lipinski definition) is 9. The lowest BCUT2D eigenvalue weighted by molar-refractivity contribution is -0.140. The smallest absolute Gasteiger partial charge is 0.342 e. The Labute approximate surface area is 250 Å². The molecule has 3 aliphatic heterocycles. The van der Waals surface area contributed by atoms with E-state index in [9.17, 15) is 18.4 Å². The van der Waals surface area contributed by atoms with E-state index in [1.165, 1.54) is 33.2 Å². The van der Waals surface area contributed by atoms with Crippen LogP contribution >= 0.6 is 0 Å². The van der Waals surface area contributed by atoms with Crippen molar-refractivity contribution >= 4 is 35.0 Å². The van der Waals surface area contributed by atoms with Crippen LogP contribution in [0.25, 0.3) is 0 Å². The number of rotatable bonds is 8. The molecule has 1 saturated carbocycles. The maximum absolute atomic E-state index is 14.9. The molecule has 0 spiro atoms. The van der Waals surface area contributed by atoms with E-state index in [2.05, 4.69) is 30.8 Å². The standard InChI is InChI=1S/C30H40F2N8O3/c1-38-24-14-34-29(37-26(24)40(22-5-3-4-6-22)18-30(31,32)28(38)42)36-23-8-7-20(13-25(23)43-2)27(41)35-21-16-39(17-21)15-19-9-11-33-12-10-19/h7-8,13-14,19,21-22,33H,3-6,9-12,15-18H2,1-2H3,(H,35,41)(H,34,36,37). The third-order valence-corrected chi connectivity index (χ3v) is 9.11. The molecule has 2 saturated heterocycles. The summed E-state index contributed by atoms with van der Waals surface area (Å²) < 4.78 is 35.4. The Morgan fingerprint density at radius 2 is 1.91 bits per heavy atom. The van der Waals surface area contributed by atoms with Gasteiger partial charge in [0.1, 0.15) is 11.4 Å². The van der Waals surface area contributed by atoms with Gasteiger partial charge in [0.25, 0.3) is 11.8 Å². The lowest BCUT2D eigenvalue weighted by atomic mass is 9.95. The van der Waals surface area contributed by atoms with Gasteiger partial charge in [-0.25, -0.2) is 4.98 Å². The zero-order valence-electron chi connectivity index (χ0n) is 24.7. The van der Waals surface area contributed by atoms with Crippen molar-refractivity contribution in [1.82, 2.24) is 25.5 Å². The molecule has 6 rings (SSSR count). The lowest BCUT2D eigenvalue weighted by Gasteiger charge is -2.42. The summed E-state index contributed by atoms with van der Waals surface area (Å²) in [6, 6.07) is 5.06. The van der Waals surface area contributed by atoms with Gasteiger partial charge < -0.3 is 30.5 Å². The molecule has 3 fully saturated rings. The Kier molecular flexibility index (Phi) is 8.36. The molecule has 13 heteroatoms. The third-order valence-electron chi connectivity index (χ3n) is 9.11. The van der Waals surface area contributed by atoms with Gasteiger partial charge in [-0.1, -0.05) is 12.8 Å². The van der Waals surface area contributed by atoms with E-state index in [0.717, 1.165) is 69.2 Å². The number of piperidine rings is 1. The van der Waals surface area contributed by atoms with Crippen LogP contribution in [0.5, 0.6) is 5.75 Å². The van der Waals surface area contributed by atoms with Gasteiger partial charge in [-0.05, 0) is 62.9 Å². The highest BCUT2D eigenvalue weighted by Crippen LogP contribution is 2.40. The number of carbonyl (C=O) groups is 2. The van der Waals surface area contributed by atoms with Crippen molar-refractivity contribution in [2.75, 3.05) is 68.5 Å². The zero-order chi connectivity index (χ0) is 30.1. The number of hydrogen-bond donors (Lipinski definition) is 3. The average molecular weight is 599 g/mol. The van der Waals surface area contributed by atoms with Crippen molar-refractivity contribution in [2.24, 2.45) is 5.92 Å². The zero-order valence-corrected chi connectivity index (χ0v) is 24.7. The Morgan fingerprint density at radius 3 is 2.63 bits per heavy atom. The van der Waals surface area contributed by atoms with Crippen molar-refractivity contribution in [3.8, 4) is 5.75 Å². The van der Waals surface area contributed by atoms with Crippen molar-refractivity contribution in [3.63, 3.8) is 0 Å². The van der Waals surface area contributed by atoms with Crippen LogP contribution in [0.2, 0.25) is 0 Å². The quantitative estimate of drug-likeness (QED) is 0.422. The predicted molar refractivity (Wildman–Crippen MR) is 160 cm³/mol. The first-order valence-corrected chi connectivity index (χ1v) is 15.2. The molecular weight excluding hydrogens is 558 g/mol. The SMILES string of the molecule is COc1cc(C(=O)NC2CN(CC3CCNCC3)C2)ccc1Nc1ncc2c(n1)N(C1CCCC1)CC(F)(F)C(=O)N2C. The molecule has 0 bridgehead atoms. The molecule has 2 aromatic rings. The van der Waals surface area contributed by atoms with Gasteiger partial charge in [0.2, 0.25) is 5.95 Å². The molecule has 1 aromatic heterocycles. The molecule has 0 unspecified atom stereocenters. The summed E-state index contributed by atoms with van der Waals surface area (Å²) in [5, 5.41) is 9.63. The fourth-order valence-corrected chi connectivity index (χ4v) is 6.67. The molecule has 232 valence electrons. The number of amides is 2. The molecule has 4 aliphatic rings. The summed E-state index contributed by atoms with van der Waals surface area (Å²) in [7, 11) is 2.83. The number of likely N-dealkylation sites (tertiary alicyclic amines) is 1. The minimum absolute atomic E-state index is 0.117. The maximum atomic E-state index is 14.9. The van der Waals surface area contributed by atoms with Crippen molar-refractivity contribution in [1.29, 1.82) is 0 Å². The van der Waals surface area contributed by atoms with Gasteiger partial charge in [0, 0.05) is 38.3 Å². The maximum Gasteiger partial charge on any atom is 0.342 e. The van der Waals surface area contributed by atoms with Gasteiger partial charge in [-0.3, -0.25) is 14.5 Å². The van der Waals surface area contributed by atoms with Crippen molar-refractivity contribution in [3.05, 3.63) is 30.0 Å². The van der Waals surface area contributed by atoms with E-state index >= 15 is 0 Å². The number of nitrogens with one attached hydrogen (secondary N) is 3. The lowest BCUT2D eigenvalue weighted by Crippen LogP contribution is -2.60. The Balaban J connectivity index is 1.14. The highest BCUT2D eigenvalue weighted by atomic mass is 19.3. The van der Waals surface area contributed by atoms with Crippen LogP contribution in [0, 0.1) is 5.92 Å². The monoisotopic (exact) mass is 598 g/mol. The first kappa shape index (κ1) is 29.5. The number of nitrogens with zero attached hydrogens (tertiary/aromatic N) is 5. The molecule has 11 nitrogen and oxygen atoms in total. The number of benzene rings is 1. The van der Waals surface area contributed by atoms with Crippen molar-refractivity contribution in [2.45, 2.75) is 56.5 Å². The fraction of sp³-hybridized carbons (Fsp3) is 0.600. The predicted octanol–water partition coefficient (Wildman–Crippen LogP) is 3.00. The molecule has 3 N–H and O–H groups in total. The van der Waals surface area contributed by atoms with E-state index in [4.69, 9.17) is 4.74 Å². The number of anilines is 4. The largest absolute Gasteiger partial charge is 0.495 e. The first-order valence-electron chi connectivity index (χ1n) is 15.2. The van der Waals surface area contributed by atoms with Gasteiger partial charge in [-0.15, -0.1) is 0 Å². The number of methoxy groups -OCH3 is 1. The van der Waals surface area contributed by atoms with Gasteiger partial charge in [0.15, 0.2) is 5.82 Å². The van der Waals surface area contributed by atoms with E-state index in [-0.39, 0.29) is 29.6 Å². The van der Waals surface area contributed by atoms with E-state index < -0.39 is 18.4 Å². The number of carbonyl (C=O) groups excluding carboxylic acids is 2. The normalized spacial score (nSPS) is 21.7. The van der Waals surface area contributed by atoms with Crippen molar-refractivity contribution < 1.29 is 23.1 Å². The van der Waals surface area contributed by atoms with Gasteiger partial charge >= 0.3 is 5.92 Å². The highest BCUT2D eigenvalue weighted by Gasteiger charge is 2.48. The minimum Gasteiger partial charge on any atom is -0.495 e. The van der Waals surface area contributed by atoms with E-state index in [1.807, 2.05) is 0 Å². The molecule has 4 heterocycles. The van der Waals surface area contributed by atoms with E-state index in [1.54, 1.807) is 23.1 Å². The van der Waals surface area contributed by atoms with Crippen LogP contribution in [-0.4, -0.2) is 98.1 Å². The summed E-state index contributed by atoms with van der Waals surface area (Å²) in [5.41, 5.74) is 1.23. The molecule has 1 aromatic carbocycles. The number of fused-ring (bicyclic) bond motifs is 1. The summed E-state index contributed by atoms with van der Waals surface area (Å²) in [6.07, 6.45) is 7.20. The van der Waals surface area contributed by atoms with Crippen LogP contribution in [0.4, 0.5) is 31.9 Å². The Morgan fingerprint density at radius 1 is 1.16 bits per heavy atom. The van der Waals surface area contributed by atoms with Crippen LogP contribution < -0.4 is 30.5 Å². The minimum atomic E-state index is -3.55. The number of aromatic nitrogens is 2. The third kappa shape index (κ3) is 6.23. The summed E-state index contributed by atoms with van der Waals surface area (Å²) in [4.78, 5) is 39.4. The Bertz CT molecular complexity index is 1340. The fourth-order valence-electron chi connectivity index (χ4n) is 6.67. The molecule has 0 atom stereocenters. The highest BCUT2D eigenvalue weighted by molar-refractivity contribution is 6.02. The molecular formula is C30H40F2N8O3. The Hall–Kier alpha value is -3.58. The average Bonchev–Trinajstić information content (AvgIpc) is 3.51. The summed E-state index contributed by atoms with van der Waals surface area (Å²) in [6.45, 7) is 4.23. The van der Waals surface area contributed by atoms with Crippen LogP contribution in [0.3, 0.4) is 0 Å². The second-order valence-corrected chi connectivity index (χ2v) is 12.2. The van der Waals surface area contributed by atoms with E-state index in [0.29, 0.717) is 22.8 Å². The van der Waals surface area contributed by atoms with Crippen LogP contribution in [-0.2, 0) is 4.79 Å². The first-order chi connectivity index (χ1) is 20.7. The summed E-state index contributed by atoms with van der Waals surface area (Å²) >= 11 is 0. The number of ether oxygens (including phenoxy) is 1. The molecule has 43 heavy (non-hydrogen) atoms. The van der Waals surface area contributed by atoms with Crippen LogP contribution in [0.15, 0.2) is 24.4 Å². The molecule has 1 aliphatic carbocycles. The molecule has 0 radical (unpaired) electrons. The number of alkyl halides is 2. The van der Waals surface area contributed by atoms with Gasteiger partial charge in [-0.2, -0.15) is 13.8 Å². The molecule has 2 amide bonds. The summed E-state index contributed by atoms with van der Waals surface area (Å²) in [5.74, 6) is -3.38. The number of halogens is 2. The second kappa shape index (κ2) is 12.2. The van der Waals surface area contributed by atoms with Crippen LogP contribution in [0.1, 0.15) is 48.9 Å². The second-order valence-electron chi connectivity index (χ2n) is 12.2. The topological polar surface area (TPSA) is 115 Å². The van der Waals surface area contributed by atoms with Gasteiger partial charge in [0.05, 0.1) is 31.6 Å².